The molecule has 4 rings (SSSR count). The molecule has 1 heterocycles. The lowest BCUT2D eigenvalue weighted by atomic mass is 10.1. The fourth-order valence-corrected chi connectivity index (χ4v) is 3.60. The molecule has 0 bridgehead atoms. The second-order valence-corrected chi connectivity index (χ2v) is 6.95. The number of ether oxygens (including phenoxy) is 1. The van der Waals surface area contributed by atoms with Crippen LogP contribution in [0, 0.1) is 0 Å². The van der Waals surface area contributed by atoms with E-state index in [-0.39, 0.29) is 12.1 Å². The fraction of sp³-hybridized carbons (Fsp3) is 0.350. The molecule has 0 aliphatic heterocycles. The molecule has 9 heteroatoms. The molecule has 2 unspecified atom stereocenters. The highest BCUT2D eigenvalue weighted by Gasteiger charge is 2.31. The Kier molecular flexibility index (Phi) is 5.23. The molecule has 29 heavy (non-hydrogen) atoms. The van der Waals surface area contributed by atoms with Crippen molar-refractivity contribution in [2.45, 2.75) is 37.6 Å². The molecular formula is C20H20F3N5O. The molecule has 0 radical (unpaired) electrons. The number of hydrogen-bond acceptors (Lipinski definition) is 5. The SMILES string of the molecule is COC1CCCC1n1nnc(-c2ccccc2Nc2ccc(C(F)(F)F)cc2)n1. The van der Waals surface area contributed by atoms with Crippen LogP contribution in [-0.2, 0) is 10.9 Å². The van der Waals surface area contributed by atoms with Crippen molar-refractivity contribution in [2.24, 2.45) is 0 Å². The molecule has 2 atom stereocenters. The topological polar surface area (TPSA) is 64.9 Å². The molecule has 1 fully saturated rings. The Bertz CT molecular complexity index is 971. The summed E-state index contributed by atoms with van der Waals surface area (Å²) in [6.45, 7) is 0. The van der Waals surface area contributed by atoms with Gasteiger partial charge >= 0.3 is 6.18 Å². The number of rotatable bonds is 5. The summed E-state index contributed by atoms with van der Waals surface area (Å²) in [5.74, 6) is 0.446. The molecule has 1 saturated carbocycles. The molecular weight excluding hydrogens is 383 g/mol. The van der Waals surface area contributed by atoms with Crippen molar-refractivity contribution in [3.05, 3.63) is 54.1 Å². The highest BCUT2D eigenvalue weighted by atomic mass is 19.4. The molecule has 152 valence electrons. The molecule has 0 saturated heterocycles. The van der Waals surface area contributed by atoms with E-state index in [1.807, 2.05) is 24.3 Å². The Morgan fingerprint density at radius 3 is 2.55 bits per heavy atom. The van der Waals surface area contributed by atoms with Crippen molar-refractivity contribution in [1.29, 1.82) is 0 Å². The lowest BCUT2D eigenvalue weighted by Gasteiger charge is -2.16. The average Bonchev–Trinajstić information content (AvgIpc) is 3.37. The maximum absolute atomic E-state index is 12.8. The number of hydrogen-bond donors (Lipinski definition) is 1. The maximum atomic E-state index is 12.8. The van der Waals surface area contributed by atoms with Gasteiger partial charge in [0.1, 0.15) is 0 Å². The number of methoxy groups -OCH3 is 1. The summed E-state index contributed by atoms with van der Waals surface area (Å²) in [5, 5.41) is 16.1. The third-order valence-corrected chi connectivity index (χ3v) is 5.10. The monoisotopic (exact) mass is 403 g/mol. The van der Waals surface area contributed by atoms with Crippen LogP contribution in [0.25, 0.3) is 11.4 Å². The largest absolute Gasteiger partial charge is 0.416 e. The number of halogens is 3. The van der Waals surface area contributed by atoms with Gasteiger partial charge in [-0.3, -0.25) is 0 Å². The summed E-state index contributed by atoms with van der Waals surface area (Å²) < 4.78 is 43.8. The first-order valence-electron chi connectivity index (χ1n) is 9.31. The van der Waals surface area contributed by atoms with Gasteiger partial charge in [0, 0.05) is 24.0 Å². The maximum Gasteiger partial charge on any atom is 0.416 e. The van der Waals surface area contributed by atoms with E-state index < -0.39 is 11.7 Å². The minimum Gasteiger partial charge on any atom is -0.379 e. The molecule has 0 amide bonds. The predicted molar refractivity (Wildman–Crippen MR) is 102 cm³/mol. The number of anilines is 2. The molecule has 1 aromatic heterocycles. The van der Waals surface area contributed by atoms with Gasteiger partial charge in [-0.15, -0.1) is 10.2 Å². The summed E-state index contributed by atoms with van der Waals surface area (Å²) in [4.78, 5) is 1.60. The Balaban J connectivity index is 1.58. The summed E-state index contributed by atoms with van der Waals surface area (Å²) in [6.07, 6.45) is -1.35. The van der Waals surface area contributed by atoms with Crippen molar-refractivity contribution < 1.29 is 17.9 Å². The van der Waals surface area contributed by atoms with E-state index >= 15 is 0 Å². The van der Waals surface area contributed by atoms with E-state index in [9.17, 15) is 13.2 Å². The van der Waals surface area contributed by atoms with Crippen LogP contribution in [0.1, 0.15) is 30.9 Å². The van der Waals surface area contributed by atoms with E-state index in [1.165, 1.54) is 12.1 Å². The summed E-state index contributed by atoms with van der Waals surface area (Å²) in [7, 11) is 1.68. The number of aromatic nitrogens is 4. The zero-order valence-electron chi connectivity index (χ0n) is 15.7. The molecule has 1 aliphatic rings. The molecule has 1 N–H and O–H groups in total. The van der Waals surface area contributed by atoms with Crippen molar-refractivity contribution in [3.8, 4) is 11.4 Å². The summed E-state index contributed by atoms with van der Waals surface area (Å²) in [6, 6.07) is 12.3. The highest BCUT2D eigenvalue weighted by Crippen LogP contribution is 2.34. The van der Waals surface area contributed by atoms with E-state index in [1.54, 1.807) is 11.9 Å². The first-order valence-corrected chi connectivity index (χ1v) is 9.31. The molecule has 6 nitrogen and oxygen atoms in total. The van der Waals surface area contributed by atoms with Gasteiger partial charge in [-0.05, 0) is 60.9 Å². The first-order chi connectivity index (χ1) is 14.0. The number of alkyl halides is 3. The van der Waals surface area contributed by atoms with Gasteiger partial charge < -0.3 is 10.1 Å². The number of nitrogens with zero attached hydrogens (tertiary/aromatic N) is 4. The second kappa shape index (κ2) is 7.82. The lowest BCUT2D eigenvalue weighted by Crippen LogP contribution is -2.22. The molecule has 1 aliphatic carbocycles. The van der Waals surface area contributed by atoms with Crippen LogP contribution in [0.2, 0.25) is 0 Å². The third-order valence-electron chi connectivity index (χ3n) is 5.10. The first kappa shape index (κ1) is 19.4. The highest BCUT2D eigenvalue weighted by molar-refractivity contribution is 5.77. The number of para-hydroxylation sites is 1. The molecule has 3 aromatic rings. The Hall–Kier alpha value is -2.94. The van der Waals surface area contributed by atoms with Crippen LogP contribution >= 0.6 is 0 Å². The van der Waals surface area contributed by atoms with Crippen LogP contribution in [0.5, 0.6) is 0 Å². The van der Waals surface area contributed by atoms with Crippen LogP contribution < -0.4 is 5.32 Å². The predicted octanol–water partition coefficient (Wildman–Crippen LogP) is 4.84. The van der Waals surface area contributed by atoms with Gasteiger partial charge in [0.25, 0.3) is 0 Å². The number of nitrogens with one attached hydrogen (secondary N) is 1. The zero-order chi connectivity index (χ0) is 20.4. The fourth-order valence-electron chi connectivity index (χ4n) is 3.60. The minimum atomic E-state index is -4.36. The quantitative estimate of drug-likeness (QED) is 0.660. The Morgan fingerprint density at radius 1 is 1.07 bits per heavy atom. The molecule has 2 aromatic carbocycles. The van der Waals surface area contributed by atoms with Gasteiger partial charge in [-0.2, -0.15) is 18.0 Å². The van der Waals surface area contributed by atoms with Crippen LogP contribution in [-0.4, -0.2) is 33.4 Å². The number of benzene rings is 2. The van der Waals surface area contributed by atoms with E-state index in [0.29, 0.717) is 22.8 Å². The van der Waals surface area contributed by atoms with E-state index in [4.69, 9.17) is 4.74 Å². The van der Waals surface area contributed by atoms with Crippen LogP contribution in [0.4, 0.5) is 24.5 Å². The Morgan fingerprint density at radius 2 is 1.83 bits per heavy atom. The zero-order valence-corrected chi connectivity index (χ0v) is 15.7. The lowest BCUT2D eigenvalue weighted by molar-refractivity contribution is -0.137. The standard InChI is InChI=1S/C20H20F3N5O/c1-29-18-8-4-7-17(18)28-26-19(25-27-28)15-5-2-3-6-16(15)24-14-11-9-13(10-12-14)20(21,22)23/h2-3,5-6,9-12,17-18,24H,4,7-8H2,1H3. The van der Waals surface area contributed by atoms with Crippen molar-refractivity contribution in [3.63, 3.8) is 0 Å². The van der Waals surface area contributed by atoms with Gasteiger partial charge in [-0.25, -0.2) is 0 Å². The van der Waals surface area contributed by atoms with Crippen molar-refractivity contribution >= 4 is 11.4 Å². The smallest absolute Gasteiger partial charge is 0.379 e. The van der Waals surface area contributed by atoms with Gasteiger partial charge in [-0.1, -0.05) is 12.1 Å². The average molecular weight is 403 g/mol. The Labute approximate surface area is 165 Å². The van der Waals surface area contributed by atoms with Gasteiger partial charge in [0.15, 0.2) is 0 Å². The van der Waals surface area contributed by atoms with Crippen molar-refractivity contribution in [2.75, 3.05) is 12.4 Å². The third kappa shape index (κ3) is 4.09. The van der Waals surface area contributed by atoms with E-state index in [0.717, 1.165) is 31.4 Å². The molecule has 0 spiro atoms. The number of tetrazole rings is 1. The summed E-state index contributed by atoms with van der Waals surface area (Å²) in [5.41, 5.74) is 1.24. The van der Waals surface area contributed by atoms with E-state index in [2.05, 4.69) is 20.7 Å². The van der Waals surface area contributed by atoms with Crippen LogP contribution in [0.3, 0.4) is 0 Å². The normalized spacial score (nSPS) is 19.4. The summed E-state index contributed by atoms with van der Waals surface area (Å²) >= 11 is 0. The van der Waals surface area contributed by atoms with Crippen molar-refractivity contribution in [1.82, 2.24) is 20.2 Å². The second-order valence-electron chi connectivity index (χ2n) is 6.95. The van der Waals surface area contributed by atoms with Crippen LogP contribution in [0.15, 0.2) is 48.5 Å². The minimum absolute atomic E-state index is 0.0521. The van der Waals surface area contributed by atoms with Gasteiger partial charge in [0.2, 0.25) is 5.82 Å². The van der Waals surface area contributed by atoms with Gasteiger partial charge in [0.05, 0.1) is 17.7 Å².